The van der Waals surface area contributed by atoms with Gasteiger partial charge in [0.25, 0.3) is 0 Å². The smallest absolute Gasteiger partial charge is 0.161 e. The molecule has 1 heterocycles. The van der Waals surface area contributed by atoms with E-state index in [1.165, 1.54) is 0 Å². The average molecular weight is 155 g/mol. The van der Waals surface area contributed by atoms with Gasteiger partial charge < -0.3 is 4.74 Å². The molecular formula is C2H3BrOS. The summed E-state index contributed by atoms with van der Waals surface area (Å²) in [6.07, 6.45) is 0. The molecule has 0 aromatic carbocycles. The summed E-state index contributed by atoms with van der Waals surface area (Å²) in [6.45, 7) is 0. The van der Waals surface area contributed by atoms with Crippen molar-refractivity contribution in [1.29, 1.82) is 0 Å². The van der Waals surface area contributed by atoms with Gasteiger partial charge in [0.2, 0.25) is 0 Å². The minimum atomic E-state index is 0.294. The number of hydrogen-bond acceptors (Lipinski definition) is 2. The van der Waals surface area contributed by atoms with Crippen LogP contribution in [0.15, 0.2) is 0 Å². The number of rotatable bonds is 0. The minimum absolute atomic E-state index is 0.294. The third-order valence-electron chi connectivity index (χ3n) is 0.398. The van der Waals surface area contributed by atoms with Gasteiger partial charge in [-0.2, -0.15) is 0 Å². The Hall–Kier alpha value is 0.790. The first-order chi connectivity index (χ1) is 2.39. The molecule has 0 spiro atoms. The fraction of sp³-hybridized carbons (Fsp3) is 1.00. The first-order valence-corrected chi connectivity index (χ1v) is 3.23. The van der Waals surface area contributed by atoms with E-state index >= 15 is 0 Å². The summed E-state index contributed by atoms with van der Waals surface area (Å²) in [5.41, 5.74) is 0. The molecule has 1 aliphatic rings. The lowest BCUT2D eigenvalue weighted by Crippen LogP contribution is -2.10. The molecule has 5 heavy (non-hydrogen) atoms. The lowest BCUT2D eigenvalue weighted by Gasteiger charge is -2.18. The monoisotopic (exact) mass is 154 g/mol. The van der Waals surface area contributed by atoms with E-state index in [4.69, 9.17) is 4.74 Å². The fourth-order valence-electron chi connectivity index (χ4n) is 0.119. The van der Waals surface area contributed by atoms with Gasteiger partial charge in [-0.1, -0.05) is 11.8 Å². The highest BCUT2D eigenvalue weighted by Crippen LogP contribution is 2.28. The Bertz CT molecular complexity index is 36.6. The SMILES string of the molecule is BrC1OCS1. The highest BCUT2D eigenvalue weighted by atomic mass is 79.9. The number of ether oxygens (including phenoxy) is 1. The van der Waals surface area contributed by atoms with E-state index in [1.807, 2.05) is 0 Å². The number of alkyl halides is 1. The third kappa shape index (κ3) is 0.809. The molecule has 0 saturated carbocycles. The van der Waals surface area contributed by atoms with Crippen LogP contribution in [-0.4, -0.2) is 10.3 Å². The Balaban J connectivity index is 2.08. The molecule has 0 bridgehead atoms. The molecule has 0 aliphatic carbocycles. The van der Waals surface area contributed by atoms with Crippen LogP contribution in [0.25, 0.3) is 0 Å². The largest absolute Gasteiger partial charge is 0.346 e. The predicted octanol–water partition coefficient (Wildman–Crippen LogP) is 1.39. The van der Waals surface area contributed by atoms with Crippen LogP contribution in [0, 0.1) is 0 Å². The van der Waals surface area contributed by atoms with E-state index in [2.05, 4.69) is 15.9 Å². The van der Waals surface area contributed by atoms with Crippen molar-refractivity contribution in [3.63, 3.8) is 0 Å². The lowest BCUT2D eigenvalue weighted by molar-refractivity contribution is 0.187. The number of hydrogen-bond donors (Lipinski definition) is 0. The molecule has 0 N–H and O–H groups in total. The zero-order valence-corrected chi connectivity index (χ0v) is 4.88. The molecule has 0 aromatic rings. The van der Waals surface area contributed by atoms with Crippen LogP contribution in [0.3, 0.4) is 0 Å². The molecule has 0 radical (unpaired) electrons. The van der Waals surface area contributed by atoms with Crippen molar-refractivity contribution < 1.29 is 4.74 Å². The van der Waals surface area contributed by atoms with Crippen molar-refractivity contribution in [2.75, 3.05) is 5.94 Å². The zero-order chi connectivity index (χ0) is 3.70. The molecule has 1 aliphatic heterocycles. The first kappa shape index (κ1) is 3.96. The van der Waals surface area contributed by atoms with Gasteiger partial charge in [-0.25, -0.2) is 0 Å². The second-order valence-electron chi connectivity index (χ2n) is 0.726. The highest BCUT2D eigenvalue weighted by Gasteiger charge is 2.12. The molecule has 1 rings (SSSR count). The van der Waals surface area contributed by atoms with Crippen LogP contribution in [0.1, 0.15) is 0 Å². The van der Waals surface area contributed by atoms with E-state index in [9.17, 15) is 0 Å². The summed E-state index contributed by atoms with van der Waals surface area (Å²) in [7, 11) is 0. The van der Waals surface area contributed by atoms with Crippen LogP contribution >= 0.6 is 27.7 Å². The Morgan fingerprint density at radius 3 is 2.40 bits per heavy atom. The maximum atomic E-state index is 4.81. The summed E-state index contributed by atoms with van der Waals surface area (Å²) in [5, 5.41) is 0. The summed E-state index contributed by atoms with van der Waals surface area (Å²) >= 11 is 4.96. The second-order valence-corrected chi connectivity index (χ2v) is 3.16. The van der Waals surface area contributed by atoms with E-state index in [0.29, 0.717) is 4.35 Å². The van der Waals surface area contributed by atoms with Gasteiger partial charge in [0.15, 0.2) is 4.35 Å². The summed E-state index contributed by atoms with van der Waals surface area (Å²) in [6, 6.07) is 0. The van der Waals surface area contributed by atoms with Gasteiger partial charge in [0.1, 0.15) is 0 Å². The fourth-order valence-corrected chi connectivity index (χ4v) is 1.01. The maximum absolute atomic E-state index is 4.81. The third-order valence-corrected chi connectivity index (χ3v) is 2.13. The summed E-state index contributed by atoms with van der Waals surface area (Å²) in [5.74, 6) is 0.857. The first-order valence-electron chi connectivity index (χ1n) is 1.27. The van der Waals surface area contributed by atoms with Crippen LogP contribution in [0.5, 0.6) is 0 Å². The molecule has 1 atom stereocenters. The Labute approximate surface area is 43.2 Å². The lowest BCUT2D eigenvalue weighted by atomic mass is 11.5. The normalized spacial score (nSPS) is 36.6. The molecule has 1 saturated heterocycles. The van der Waals surface area contributed by atoms with E-state index in [-0.39, 0.29) is 0 Å². The van der Waals surface area contributed by atoms with E-state index in [0.717, 1.165) is 5.94 Å². The van der Waals surface area contributed by atoms with Crippen molar-refractivity contribution >= 4 is 27.7 Å². The highest BCUT2D eigenvalue weighted by molar-refractivity contribution is 9.11. The van der Waals surface area contributed by atoms with Gasteiger partial charge in [0.05, 0.1) is 5.94 Å². The van der Waals surface area contributed by atoms with Gasteiger partial charge in [-0.3, -0.25) is 0 Å². The predicted molar refractivity (Wildman–Crippen MR) is 26.3 cm³/mol. The Morgan fingerprint density at radius 1 is 2.00 bits per heavy atom. The van der Waals surface area contributed by atoms with Crippen LogP contribution < -0.4 is 0 Å². The van der Waals surface area contributed by atoms with Gasteiger partial charge >= 0.3 is 0 Å². The molecule has 3 heteroatoms. The van der Waals surface area contributed by atoms with Gasteiger partial charge in [-0.15, -0.1) is 0 Å². The molecule has 0 aromatic heterocycles. The van der Waals surface area contributed by atoms with Crippen LogP contribution in [0.4, 0.5) is 0 Å². The van der Waals surface area contributed by atoms with Crippen molar-refractivity contribution in [3.05, 3.63) is 0 Å². The van der Waals surface area contributed by atoms with E-state index in [1.54, 1.807) is 11.8 Å². The molecule has 1 unspecified atom stereocenters. The van der Waals surface area contributed by atoms with Gasteiger partial charge in [0, 0.05) is 0 Å². The van der Waals surface area contributed by atoms with Crippen molar-refractivity contribution in [2.24, 2.45) is 0 Å². The Morgan fingerprint density at radius 2 is 2.40 bits per heavy atom. The summed E-state index contributed by atoms with van der Waals surface area (Å²) in [4.78, 5) is 0. The zero-order valence-electron chi connectivity index (χ0n) is 2.48. The van der Waals surface area contributed by atoms with Crippen molar-refractivity contribution in [3.8, 4) is 0 Å². The maximum Gasteiger partial charge on any atom is 0.161 e. The van der Waals surface area contributed by atoms with Crippen molar-refractivity contribution in [1.82, 2.24) is 0 Å². The number of halogens is 1. The molecule has 1 fully saturated rings. The average Bonchev–Trinajstić information content (AvgIpc) is 1.30. The molecule has 0 amide bonds. The Kier molecular flexibility index (Phi) is 1.18. The molecular weight excluding hydrogens is 152 g/mol. The summed E-state index contributed by atoms with van der Waals surface area (Å²) < 4.78 is 5.10. The number of thioether (sulfide) groups is 1. The second kappa shape index (κ2) is 1.49. The topological polar surface area (TPSA) is 9.23 Å². The van der Waals surface area contributed by atoms with Crippen LogP contribution in [-0.2, 0) is 4.74 Å². The van der Waals surface area contributed by atoms with Crippen molar-refractivity contribution in [2.45, 2.75) is 4.35 Å². The standard InChI is InChI=1S/C2H3BrOS/c3-2-4-1-5-2/h2H,1H2. The minimum Gasteiger partial charge on any atom is -0.346 e. The quantitative estimate of drug-likeness (QED) is 0.488. The van der Waals surface area contributed by atoms with Gasteiger partial charge in [-0.05, 0) is 15.9 Å². The molecule has 1 nitrogen and oxygen atoms in total. The van der Waals surface area contributed by atoms with E-state index < -0.39 is 0 Å². The van der Waals surface area contributed by atoms with Crippen LogP contribution in [0.2, 0.25) is 0 Å². The molecule has 30 valence electrons.